The van der Waals surface area contributed by atoms with Crippen molar-refractivity contribution in [3.8, 4) is 0 Å². The molecule has 0 spiro atoms. The lowest BCUT2D eigenvalue weighted by molar-refractivity contribution is -0.0805. The number of anilines is 1. The first-order chi connectivity index (χ1) is 16.0. The minimum Gasteiger partial charge on any atom is -0.386 e. The summed E-state index contributed by atoms with van der Waals surface area (Å²) in [4.78, 5) is 22.6. The van der Waals surface area contributed by atoms with Gasteiger partial charge in [0.25, 0.3) is 5.91 Å². The van der Waals surface area contributed by atoms with Crippen molar-refractivity contribution in [2.45, 2.75) is 18.6 Å². The van der Waals surface area contributed by atoms with Crippen LogP contribution in [0, 0.1) is 5.95 Å². The average molecular weight is 442 g/mol. The van der Waals surface area contributed by atoms with Gasteiger partial charge in [-0.2, -0.15) is 4.39 Å². The lowest BCUT2D eigenvalue weighted by atomic mass is 9.88. The number of aliphatic hydroxyl groups is 1. The topological polar surface area (TPSA) is 78.4 Å². The fraction of sp³-hybridized carbons (Fsp3) is 0.192. The number of hydrogen-bond donors (Lipinski definition) is 2. The van der Waals surface area contributed by atoms with Crippen LogP contribution in [0.5, 0.6) is 0 Å². The number of amides is 1. The molecule has 0 aliphatic carbocycles. The first kappa shape index (κ1) is 21.0. The Morgan fingerprint density at radius 3 is 2.58 bits per heavy atom. The highest BCUT2D eigenvalue weighted by atomic mass is 19.1. The molecule has 2 N–H and O–H groups in total. The van der Waals surface area contributed by atoms with Crippen molar-refractivity contribution in [3.63, 3.8) is 0 Å². The SMILES string of the molecule is O=C(c1ccc(NCc2cccc3cccnc23)cc1)N1CC(O)(Cc2cccc(F)n2)C1. The van der Waals surface area contributed by atoms with E-state index in [1.54, 1.807) is 35.4 Å². The van der Waals surface area contributed by atoms with E-state index >= 15 is 0 Å². The summed E-state index contributed by atoms with van der Waals surface area (Å²) in [7, 11) is 0. The van der Waals surface area contributed by atoms with Gasteiger partial charge in [0.2, 0.25) is 5.95 Å². The third-order valence-corrected chi connectivity index (χ3v) is 5.87. The second-order valence-electron chi connectivity index (χ2n) is 8.44. The zero-order valence-corrected chi connectivity index (χ0v) is 17.9. The predicted molar refractivity (Wildman–Crippen MR) is 124 cm³/mol. The van der Waals surface area contributed by atoms with Crippen molar-refractivity contribution in [1.82, 2.24) is 14.9 Å². The minimum absolute atomic E-state index is 0.142. The Hall–Kier alpha value is -3.84. The Labute approximate surface area is 190 Å². The van der Waals surface area contributed by atoms with Crippen LogP contribution in [0.15, 0.2) is 79.0 Å². The number of pyridine rings is 2. The van der Waals surface area contributed by atoms with Crippen LogP contribution in [0.4, 0.5) is 10.1 Å². The van der Waals surface area contributed by atoms with Gasteiger partial charge in [-0.1, -0.05) is 30.3 Å². The summed E-state index contributed by atoms with van der Waals surface area (Å²) in [5, 5.41) is 15.1. The third-order valence-electron chi connectivity index (χ3n) is 5.87. The lowest BCUT2D eigenvalue weighted by Gasteiger charge is -2.46. The summed E-state index contributed by atoms with van der Waals surface area (Å²) in [6, 6.07) is 21.9. The summed E-state index contributed by atoms with van der Waals surface area (Å²) in [6.07, 6.45) is 2.00. The normalized spacial score (nSPS) is 14.7. The molecule has 3 heterocycles. The third kappa shape index (κ3) is 4.54. The number of aromatic nitrogens is 2. The smallest absolute Gasteiger partial charge is 0.254 e. The summed E-state index contributed by atoms with van der Waals surface area (Å²) < 4.78 is 13.3. The van der Waals surface area contributed by atoms with Gasteiger partial charge in [-0.25, -0.2) is 4.98 Å². The highest BCUT2D eigenvalue weighted by molar-refractivity contribution is 5.95. The number of carbonyl (C=O) groups is 1. The Morgan fingerprint density at radius 1 is 1.03 bits per heavy atom. The van der Waals surface area contributed by atoms with Gasteiger partial charge in [0, 0.05) is 41.5 Å². The van der Waals surface area contributed by atoms with E-state index in [2.05, 4.69) is 15.3 Å². The number of carbonyl (C=O) groups excluding carboxylic acids is 1. The molecule has 4 aromatic rings. The van der Waals surface area contributed by atoms with Crippen LogP contribution in [0.3, 0.4) is 0 Å². The summed E-state index contributed by atoms with van der Waals surface area (Å²) in [5.74, 6) is -0.717. The van der Waals surface area contributed by atoms with Crippen LogP contribution in [0.1, 0.15) is 21.6 Å². The number of halogens is 1. The zero-order valence-electron chi connectivity index (χ0n) is 17.9. The number of rotatable bonds is 6. The Bertz CT molecular complexity index is 1300. The number of nitrogens with one attached hydrogen (secondary N) is 1. The van der Waals surface area contributed by atoms with Crippen LogP contribution >= 0.6 is 0 Å². The molecule has 6 nitrogen and oxygen atoms in total. The molecule has 0 bridgehead atoms. The number of fused-ring (bicyclic) bond motifs is 1. The lowest BCUT2D eigenvalue weighted by Crippen LogP contribution is -2.64. The van der Waals surface area contributed by atoms with E-state index in [0.29, 0.717) is 17.8 Å². The van der Waals surface area contributed by atoms with E-state index in [1.807, 2.05) is 42.5 Å². The van der Waals surface area contributed by atoms with E-state index in [0.717, 1.165) is 22.2 Å². The number of likely N-dealkylation sites (tertiary alicyclic amines) is 1. The minimum atomic E-state index is -1.08. The fourth-order valence-electron chi connectivity index (χ4n) is 4.23. The van der Waals surface area contributed by atoms with Crippen molar-refractivity contribution in [2.24, 2.45) is 0 Å². The van der Waals surface area contributed by atoms with E-state index in [4.69, 9.17) is 0 Å². The summed E-state index contributed by atoms with van der Waals surface area (Å²) >= 11 is 0. The Kier molecular flexibility index (Phi) is 5.48. The first-order valence-electron chi connectivity index (χ1n) is 10.8. The van der Waals surface area contributed by atoms with E-state index in [9.17, 15) is 14.3 Å². The molecule has 5 rings (SSSR count). The highest BCUT2D eigenvalue weighted by Gasteiger charge is 2.44. The molecule has 0 radical (unpaired) electrons. The second kappa shape index (κ2) is 8.60. The highest BCUT2D eigenvalue weighted by Crippen LogP contribution is 2.27. The van der Waals surface area contributed by atoms with Gasteiger partial charge in [0.15, 0.2) is 0 Å². The number of nitrogens with zero attached hydrogens (tertiary/aromatic N) is 3. The van der Waals surface area contributed by atoms with Crippen LogP contribution in [0.2, 0.25) is 0 Å². The van der Waals surface area contributed by atoms with Crippen LogP contribution in [-0.2, 0) is 13.0 Å². The molecule has 2 aromatic carbocycles. The number of benzene rings is 2. The monoisotopic (exact) mass is 442 g/mol. The van der Waals surface area contributed by atoms with E-state index in [-0.39, 0.29) is 25.4 Å². The molecule has 0 saturated carbocycles. The number of β-amino-alcohol motifs (C(OH)–C–C–N with tert-alkyl or cyclic N) is 1. The van der Waals surface area contributed by atoms with Gasteiger partial charge < -0.3 is 15.3 Å². The maximum atomic E-state index is 13.3. The van der Waals surface area contributed by atoms with Crippen LogP contribution < -0.4 is 5.32 Å². The second-order valence-corrected chi connectivity index (χ2v) is 8.44. The molecule has 166 valence electrons. The zero-order chi connectivity index (χ0) is 22.8. The number of para-hydroxylation sites is 1. The van der Waals surface area contributed by atoms with Crippen molar-refractivity contribution in [1.29, 1.82) is 0 Å². The quantitative estimate of drug-likeness (QED) is 0.444. The fourth-order valence-corrected chi connectivity index (χ4v) is 4.23. The van der Waals surface area contributed by atoms with Gasteiger partial charge >= 0.3 is 0 Å². The molecular weight excluding hydrogens is 419 g/mol. The largest absolute Gasteiger partial charge is 0.386 e. The number of hydrogen-bond acceptors (Lipinski definition) is 5. The van der Waals surface area contributed by atoms with E-state index in [1.165, 1.54) is 6.07 Å². The Balaban J connectivity index is 1.18. The van der Waals surface area contributed by atoms with Gasteiger partial charge in [0.05, 0.1) is 18.6 Å². The molecule has 33 heavy (non-hydrogen) atoms. The predicted octanol–water partition coefficient (Wildman–Crippen LogP) is 3.81. The standard InChI is InChI=1S/C26H23FN4O2/c27-23-8-2-7-22(30-23)14-26(33)16-31(17-26)25(32)19-9-11-21(12-10-19)29-15-20-5-1-4-18-6-3-13-28-24(18)20/h1-13,29,33H,14-17H2. The van der Waals surface area contributed by atoms with Crippen molar-refractivity contribution >= 4 is 22.5 Å². The van der Waals surface area contributed by atoms with Crippen molar-refractivity contribution < 1.29 is 14.3 Å². The molecule has 2 aromatic heterocycles. The maximum Gasteiger partial charge on any atom is 0.254 e. The average Bonchev–Trinajstić information content (AvgIpc) is 2.81. The molecule has 1 amide bonds. The van der Waals surface area contributed by atoms with Gasteiger partial charge in [-0.15, -0.1) is 0 Å². The molecule has 1 saturated heterocycles. The molecule has 1 fully saturated rings. The first-order valence-corrected chi connectivity index (χ1v) is 10.8. The molecule has 0 unspecified atom stereocenters. The van der Waals surface area contributed by atoms with E-state index < -0.39 is 11.5 Å². The molecular formula is C26H23FN4O2. The summed E-state index contributed by atoms with van der Waals surface area (Å²) in [5.41, 5.74) is 2.92. The molecule has 7 heteroatoms. The molecule has 1 aliphatic heterocycles. The summed E-state index contributed by atoms with van der Waals surface area (Å²) in [6.45, 7) is 1.01. The van der Waals surface area contributed by atoms with Crippen LogP contribution in [-0.4, -0.2) is 44.6 Å². The maximum absolute atomic E-state index is 13.3. The molecule has 0 atom stereocenters. The Morgan fingerprint density at radius 2 is 1.79 bits per heavy atom. The van der Waals surface area contributed by atoms with Crippen molar-refractivity contribution in [3.05, 3.63) is 102 Å². The van der Waals surface area contributed by atoms with Gasteiger partial charge in [-0.3, -0.25) is 9.78 Å². The van der Waals surface area contributed by atoms with Crippen LogP contribution in [0.25, 0.3) is 10.9 Å². The van der Waals surface area contributed by atoms with Crippen molar-refractivity contribution in [2.75, 3.05) is 18.4 Å². The van der Waals surface area contributed by atoms with Gasteiger partial charge in [-0.05, 0) is 48.0 Å². The van der Waals surface area contributed by atoms with Gasteiger partial charge in [0.1, 0.15) is 5.60 Å². The molecule has 1 aliphatic rings.